The summed E-state index contributed by atoms with van der Waals surface area (Å²) in [6, 6.07) is 18.1. The van der Waals surface area contributed by atoms with Crippen LogP contribution in [0.3, 0.4) is 0 Å². The van der Waals surface area contributed by atoms with Gasteiger partial charge in [0.15, 0.2) is 0 Å². The van der Waals surface area contributed by atoms with E-state index in [-0.39, 0.29) is 33.0 Å². The average Bonchev–Trinajstić information content (AvgIpc) is 2.39. The molecule has 0 unspecified atom stereocenters. The summed E-state index contributed by atoms with van der Waals surface area (Å²) in [5.41, 5.74) is 17.9. The molecule has 0 aliphatic heterocycles. The zero-order valence-corrected chi connectivity index (χ0v) is 13.2. The van der Waals surface area contributed by atoms with E-state index >= 15 is 0 Å². The number of rotatable bonds is 3. The van der Waals surface area contributed by atoms with Gasteiger partial charge in [0.2, 0.25) is 0 Å². The molecule has 0 saturated carbocycles. The number of nitrogens with one attached hydrogen (secondary N) is 2. The second kappa shape index (κ2) is 9.84. The molecule has 0 radical (unpaired) electrons. The first-order valence-electron chi connectivity index (χ1n) is 5.31. The van der Waals surface area contributed by atoms with Crippen LogP contribution in [-0.4, -0.2) is 5.48 Å². The van der Waals surface area contributed by atoms with Crippen LogP contribution in [0.2, 0.25) is 0 Å². The van der Waals surface area contributed by atoms with Crippen molar-refractivity contribution in [3.05, 3.63) is 90.7 Å². The Morgan fingerprint density at radius 1 is 0.632 bits per heavy atom. The number of hydrogen-bond acceptors (Lipinski definition) is 0. The Kier molecular flexibility index (Phi) is 10.5. The van der Waals surface area contributed by atoms with Crippen molar-refractivity contribution in [2.75, 3.05) is 0 Å². The van der Waals surface area contributed by atoms with Gasteiger partial charge >= 0.3 is 20.1 Å². The Labute approximate surface area is 128 Å². The molecule has 2 aromatic carbocycles. The van der Waals surface area contributed by atoms with Gasteiger partial charge in [-0.05, 0) is 0 Å². The predicted molar refractivity (Wildman–Crippen MR) is 77.0 cm³/mol. The van der Waals surface area contributed by atoms with Crippen molar-refractivity contribution in [3.8, 4) is 0 Å². The third kappa shape index (κ3) is 5.23. The molecular formula is C15H19IrN2O. The maximum absolute atomic E-state index is 8.07. The van der Waals surface area contributed by atoms with Crippen LogP contribution in [-0.2, 0) is 20.1 Å². The van der Waals surface area contributed by atoms with Gasteiger partial charge in [-0.3, -0.25) is 0 Å². The molecule has 0 aromatic heterocycles. The zero-order valence-electron chi connectivity index (χ0n) is 10.8. The Hall–Kier alpha value is -1.03. The Morgan fingerprint density at radius 3 is 1.16 bits per heavy atom. The van der Waals surface area contributed by atoms with Crippen molar-refractivity contribution in [1.29, 1.82) is 0 Å². The molecule has 4 N–H and O–H groups in total. The number of benzene rings is 2. The average molecular weight is 436 g/mol. The first-order valence-corrected chi connectivity index (χ1v) is 5.31. The smallest absolute Gasteiger partial charge is 0.672 e. The third-order valence-electron chi connectivity index (χ3n) is 2.65. The molecule has 0 bridgehead atoms. The molecule has 19 heavy (non-hydrogen) atoms. The van der Waals surface area contributed by atoms with Gasteiger partial charge in [-0.15, -0.1) is 12.1 Å². The summed E-state index contributed by atoms with van der Waals surface area (Å²) in [7, 11) is 0. The van der Waals surface area contributed by atoms with Gasteiger partial charge < -0.3 is 24.4 Å². The zero-order chi connectivity index (χ0) is 11.4. The van der Waals surface area contributed by atoms with E-state index in [2.05, 4.69) is 0 Å². The number of hydrogen-bond donors (Lipinski definition) is 0. The molecule has 2 aromatic rings. The van der Waals surface area contributed by atoms with Crippen molar-refractivity contribution in [2.45, 2.75) is 12.1 Å². The molecule has 0 saturated heterocycles. The van der Waals surface area contributed by atoms with Crippen LogP contribution < -0.4 is 0 Å². The normalized spacial score (nSPS) is 12.1. The Bertz CT molecular complexity index is 393. The quantitative estimate of drug-likeness (QED) is 0.648. The van der Waals surface area contributed by atoms with Crippen LogP contribution in [0.15, 0.2) is 60.7 Å². The molecule has 2 atom stereocenters. The van der Waals surface area contributed by atoms with Crippen LogP contribution in [0, 0.1) is 7.43 Å². The standard InChI is InChI=1S/C14H14N2.CH3.Ir.H2O/c15-13(11-7-3-1-4-8-11)14(16)12-9-5-2-6-10-12;;;/h1-10,13-16H;1H3;;1H2/q-2;-1;+3;/t13-,14-;;;/m0.../s1. The summed E-state index contributed by atoms with van der Waals surface area (Å²) in [6.07, 6.45) is 0. The van der Waals surface area contributed by atoms with E-state index in [1.54, 1.807) is 0 Å². The van der Waals surface area contributed by atoms with Crippen molar-refractivity contribution < 1.29 is 25.6 Å². The summed E-state index contributed by atoms with van der Waals surface area (Å²) in [5, 5.41) is 0. The minimum absolute atomic E-state index is 0. The fourth-order valence-electron chi connectivity index (χ4n) is 1.71. The van der Waals surface area contributed by atoms with Gasteiger partial charge in [-0.2, -0.15) is 0 Å². The maximum atomic E-state index is 8.07. The van der Waals surface area contributed by atoms with Crippen molar-refractivity contribution in [1.82, 2.24) is 0 Å². The Balaban J connectivity index is 0. The van der Waals surface area contributed by atoms with Crippen molar-refractivity contribution in [2.24, 2.45) is 0 Å². The fraction of sp³-hybridized carbons (Fsp3) is 0.133. The molecule has 0 aliphatic rings. The molecule has 0 spiro atoms. The largest absolute Gasteiger partial charge is 3.00 e. The van der Waals surface area contributed by atoms with Gasteiger partial charge in [0.05, 0.1) is 0 Å². The van der Waals surface area contributed by atoms with Crippen LogP contribution in [0.1, 0.15) is 23.2 Å². The monoisotopic (exact) mass is 436 g/mol. The summed E-state index contributed by atoms with van der Waals surface area (Å²) in [4.78, 5) is 0. The molecule has 2 rings (SSSR count). The van der Waals surface area contributed by atoms with Gasteiger partial charge in [-0.25, -0.2) is 0 Å². The molecular weight excluding hydrogens is 416 g/mol. The van der Waals surface area contributed by atoms with Gasteiger partial charge in [0.25, 0.3) is 0 Å². The van der Waals surface area contributed by atoms with E-state index in [0.29, 0.717) is 0 Å². The maximum Gasteiger partial charge on any atom is 3.00 e. The van der Waals surface area contributed by atoms with Gasteiger partial charge in [-0.1, -0.05) is 71.8 Å². The molecule has 0 heterocycles. The topological polar surface area (TPSA) is 79.1 Å². The van der Waals surface area contributed by atoms with Crippen LogP contribution in [0.5, 0.6) is 0 Å². The van der Waals surface area contributed by atoms with Crippen LogP contribution >= 0.6 is 0 Å². The molecule has 104 valence electrons. The van der Waals surface area contributed by atoms with E-state index in [1.807, 2.05) is 60.7 Å². The van der Waals surface area contributed by atoms with Gasteiger partial charge in [0.1, 0.15) is 0 Å². The van der Waals surface area contributed by atoms with E-state index in [9.17, 15) is 0 Å². The molecule has 0 aliphatic carbocycles. The second-order valence-corrected chi connectivity index (χ2v) is 3.78. The summed E-state index contributed by atoms with van der Waals surface area (Å²) in [6.45, 7) is 0. The minimum Gasteiger partial charge on any atom is -0.672 e. The van der Waals surface area contributed by atoms with Crippen LogP contribution in [0.4, 0.5) is 0 Å². The van der Waals surface area contributed by atoms with Crippen LogP contribution in [0.25, 0.3) is 11.5 Å². The molecule has 4 heteroatoms. The molecule has 0 amide bonds. The summed E-state index contributed by atoms with van der Waals surface area (Å²) < 4.78 is 0. The first kappa shape index (κ1) is 20.3. The van der Waals surface area contributed by atoms with Crippen molar-refractivity contribution >= 4 is 0 Å². The molecule has 0 fully saturated rings. The summed E-state index contributed by atoms with van der Waals surface area (Å²) in [5.74, 6) is 0. The van der Waals surface area contributed by atoms with Crippen molar-refractivity contribution in [3.63, 3.8) is 0 Å². The predicted octanol–water partition coefficient (Wildman–Crippen LogP) is 4.20. The fourth-order valence-corrected chi connectivity index (χ4v) is 1.71. The first-order chi connectivity index (χ1) is 7.79. The summed E-state index contributed by atoms with van der Waals surface area (Å²) >= 11 is 0. The van der Waals surface area contributed by atoms with E-state index in [1.165, 1.54) is 0 Å². The van der Waals surface area contributed by atoms with E-state index in [4.69, 9.17) is 11.5 Å². The third-order valence-corrected chi connectivity index (χ3v) is 2.65. The van der Waals surface area contributed by atoms with Gasteiger partial charge in [0, 0.05) is 0 Å². The second-order valence-electron chi connectivity index (χ2n) is 3.78. The molecule has 3 nitrogen and oxygen atoms in total. The minimum atomic E-state index is -0.524. The SMILES string of the molecule is O.[CH3-].[Ir+3].[NH-][C@@H](c1ccccc1)[C@@H]([NH-])c1ccccc1. The van der Waals surface area contributed by atoms with E-state index < -0.39 is 12.1 Å². The van der Waals surface area contributed by atoms with E-state index in [0.717, 1.165) is 11.1 Å². The Morgan fingerprint density at radius 2 is 0.895 bits per heavy atom.